The summed E-state index contributed by atoms with van der Waals surface area (Å²) in [6, 6.07) is 16.0. The topological polar surface area (TPSA) is 85.7 Å². The number of rotatable bonds is 6. The molecule has 254 valence electrons. The number of hydrogen-bond acceptors (Lipinski definition) is 5. The molecule has 12 heteroatoms. The van der Waals surface area contributed by atoms with Gasteiger partial charge >= 0.3 is 6.18 Å². The molecular weight excluding hydrogens is 661 g/mol. The van der Waals surface area contributed by atoms with Gasteiger partial charge in [-0.2, -0.15) is 18.4 Å². The van der Waals surface area contributed by atoms with Gasteiger partial charge in [0, 0.05) is 54.5 Å². The van der Waals surface area contributed by atoms with E-state index < -0.39 is 45.9 Å². The van der Waals surface area contributed by atoms with Crippen LogP contribution in [0.4, 0.5) is 22.0 Å². The number of alkyl halides is 3. The van der Waals surface area contributed by atoms with Crippen LogP contribution in [0.2, 0.25) is 5.02 Å². The van der Waals surface area contributed by atoms with E-state index in [1.807, 2.05) is 12.1 Å². The van der Waals surface area contributed by atoms with Crippen molar-refractivity contribution in [1.82, 2.24) is 9.80 Å². The number of carbonyl (C=O) groups is 1. The van der Waals surface area contributed by atoms with E-state index in [1.165, 1.54) is 12.1 Å². The Hall–Kier alpha value is -4.37. The first kappa shape index (κ1) is 34.5. The molecule has 3 atom stereocenters. The monoisotopic (exact) mass is 693 g/mol. The van der Waals surface area contributed by atoms with Crippen LogP contribution in [0, 0.1) is 23.0 Å². The summed E-state index contributed by atoms with van der Waals surface area (Å²) in [5.41, 5.74) is 7.75. The number of nitriles is 1. The maximum atomic E-state index is 15.0. The number of amides is 1. The predicted octanol–water partition coefficient (Wildman–Crippen LogP) is 7.58. The number of nitrogens with two attached hydrogens (primary N) is 1. The van der Waals surface area contributed by atoms with Gasteiger partial charge in [-0.25, -0.2) is 8.78 Å². The number of halogens is 6. The molecule has 3 aliphatic heterocycles. The van der Waals surface area contributed by atoms with Crippen LogP contribution >= 0.6 is 11.6 Å². The Kier molecular flexibility index (Phi) is 10.0. The first-order valence-corrected chi connectivity index (χ1v) is 16.4. The van der Waals surface area contributed by atoms with Gasteiger partial charge < -0.3 is 10.6 Å². The molecule has 0 spiro atoms. The lowest BCUT2D eigenvalue weighted by molar-refractivity contribution is -0.138. The summed E-state index contributed by atoms with van der Waals surface area (Å²) in [4.78, 5) is 22.9. The van der Waals surface area contributed by atoms with Gasteiger partial charge in [0.25, 0.3) is 0 Å². The molecule has 6 rings (SSSR count). The number of hydrogen-bond donors (Lipinski definition) is 1. The molecule has 1 amide bonds. The first-order chi connectivity index (χ1) is 23.4. The average molecular weight is 694 g/mol. The summed E-state index contributed by atoms with van der Waals surface area (Å²) < 4.78 is 70.7. The predicted molar refractivity (Wildman–Crippen MR) is 178 cm³/mol. The van der Waals surface area contributed by atoms with Crippen LogP contribution in [0.3, 0.4) is 0 Å². The van der Waals surface area contributed by atoms with Crippen molar-refractivity contribution < 1.29 is 26.7 Å². The SMILES string of the molecule is N#Cc1ccc(C2=CN=C(C3C(c4ccc(F)cc4)CC(N4CCC(N)CC4)CN3C(=O)/C=C/c3c(C(F)(F)F)ccc(Cl)c3F)C2)cc1. The van der Waals surface area contributed by atoms with Crippen LogP contribution in [0.5, 0.6) is 0 Å². The molecule has 3 aliphatic rings. The first-order valence-electron chi connectivity index (χ1n) is 16.0. The fourth-order valence-electron chi connectivity index (χ4n) is 7.06. The third-order valence-corrected chi connectivity index (χ3v) is 9.93. The Morgan fingerprint density at radius 1 is 1.02 bits per heavy atom. The van der Waals surface area contributed by atoms with Crippen molar-refractivity contribution >= 4 is 34.9 Å². The van der Waals surface area contributed by atoms with Gasteiger partial charge in [-0.3, -0.25) is 14.7 Å². The lowest BCUT2D eigenvalue weighted by Crippen LogP contribution is -2.60. The largest absolute Gasteiger partial charge is 0.417 e. The van der Waals surface area contributed by atoms with Gasteiger partial charge in [0.15, 0.2) is 0 Å². The smallest absolute Gasteiger partial charge is 0.329 e. The normalized spacial score (nSPS) is 22.2. The second kappa shape index (κ2) is 14.2. The van der Waals surface area contributed by atoms with Crippen LogP contribution < -0.4 is 5.73 Å². The molecule has 2 fully saturated rings. The van der Waals surface area contributed by atoms with Crippen LogP contribution in [-0.2, 0) is 11.0 Å². The van der Waals surface area contributed by atoms with Crippen LogP contribution in [0.25, 0.3) is 11.6 Å². The highest BCUT2D eigenvalue weighted by Crippen LogP contribution is 2.40. The van der Waals surface area contributed by atoms with E-state index in [9.17, 15) is 27.6 Å². The highest BCUT2D eigenvalue weighted by Gasteiger charge is 2.44. The second-order valence-corrected chi connectivity index (χ2v) is 13.1. The number of aliphatic imine (C=N–C) groups is 1. The van der Waals surface area contributed by atoms with Crippen molar-refractivity contribution in [2.24, 2.45) is 10.7 Å². The number of allylic oxidation sites excluding steroid dienone is 1. The Bertz CT molecular complexity index is 1840. The van der Waals surface area contributed by atoms with E-state index in [2.05, 4.69) is 11.0 Å². The molecule has 3 heterocycles. The molecule has 0 aliphatic carbocycles. The van der Waals surface area contributed by atoms with E-state index in [0.29, 0.717) is 43.3 Å². The zero-order chi connectivity index (χ0) is 34.9. The average Bonchev–Trinajstić information content (AvgIpc) is 3.58. The molecule has 3 aromatic carbocycles. The number of piperidine rings is 2. The minimum absolute atomic E-state index is 0.0659. The fourth-order valence-corrected chi connectivity index (χ4v) is 7.23. The number of benzene rings is 3. The Labute approximate surface area is 286 Å². The Balaban J connectivity index is 1.39. The number of likely N-dealkylation sites (tertiary alicyclic amines) is 2. The third-order valence-electron chi connectivity index (χ3n) is 9.64. The third kappa shape index (κ3) is 7.47. The van der Waals surface area contributed by atoms with E-state index >= 15 is 4.39 Å². The van der Waals surface area contributed by atoms with Crippen LogP contribution in [-0.4, -0.2) is 59.2 Å². The summed E-state index contributed by atoms with van der Waals surface area (Å²) >= 11 is 5.85. The van der Waals surface area contributed by atoms with E-state index in [0.717, 1.165) is 47.8 Å². The molecule has 2 N–H and O–H groups in total. The zero-order valence-corrected chi connectivity index (χ0v) is 27.1. The second-order valence-electron chi connectivity index (χ2n) is 12.7. The molecule has 3 unspecified atom stereocenters. The maximum Gasteiger partial charge on any atom is 0.417 e. The maximum absolute atomic E-state index is 15.0. The van der Waals surface area contributed by atoms with E-state index in [-0.39, 0.29) is 24.5 Å². The zero-order valence-electron chi connectivity index (χ0n) is 26.3. The summed E-state index contributed by atoms with van der Waals surface area (Å²) in [5.74, 6) is -2.68. The fraction of sp³-hybridized carbons (Fsp3) is 0.324. The van der Waals surface area contributed by atoms with Crippen molar-refractivity contribution in [2.45, 2.75) is 55.9 Å². The molecule has 0 bridgehead atoms. The van der Waals surface area contributed by atoms with Gasteiger partial charge in [0.05, 0.1) is 28.3 Å². The number of carbonyl (C=O) groups excluding carboxylic acids is 1. The highest BCUT2D eigenvalue weighted by atomic mass is 35.5. The highest BCUT2D eigenvalue weighted by molar-refractivity contribution is 6.31. The lowest BCUT2D eigenvalue weighted by atomic mass is 9.77. The van der Waals surface area contributed by atoms with E-state index in [4.69, 9.17) is 22.3 Å². The Morgan fingerprint density at radius 2 is 1.71 bits per heavy atom. The molecule has 49 heavy (non-hydrogen) atoms. The van der Waals surface area contributed by atoms with Crippen molar-refractivity contribution in [1.29, 1.82) is 5.26 Å². The molecular formula is C37H33ClF5N5O. The quantitative estimate of drug-likeness (QED) is 0.213. The molecule has 2 saturated heterocycles. The van der Waals surface area contributed by atoms with Gasteiger partial charge in [0.1, 0.15) is 11.6 Å². The standard InChI is InChI=1S/C37H33ClF5N5O/c38-32-11-10-31(37(41,42)43)29(35(32)40)9-12-34(49)48-21-28(47-15-13-27(45)14-16-47)18-30(24-5-7-26(39)8-6-24)36(48)33-17-25(20-46-33)23-3-1-22(19-44)2-4-23/h1-12,20,27-28,30,36H,13-18,21,45H2/b12-9+. The van der Waals surface area contributed by atoms with Gasteiger partial charge in [-0.1, -0.05) is 35.9 Å². The number of nitrogens with zero attached hydrogens (tertiary/aromatic N) is 4. The van der Waals surface area contributed by atoms with Gasteiger partial charge in [-0.15, -0.1) is 0 Å². The van der Waals surface area contributed by atoms with Gasteiger partial charge in [-0.05, 0) is 91.5 Å². The summed E-state index contributed by atoms with van der Waals surface area (Å²) in [6.45, 7) is 1.65. The van der Waals surface area contributed by atoms with E-state index in [1.54, 1.807) is 35.4 Å². The summed E-state index contributed by atoms with van der Waals surface area (Å²) in [5, 5.41) is 8.72. The molecule has 0 aromatic heterocycles. The van der Waals surface area contributed by atoms with Crippen molar-refractivity contribution in [3.63, 3.8) is 0 Å². The van der Waals surface area contributed by atoms with Crippen LogP contribution in [0.1, 0.15) is 59.4 Å². The van der Waals surface area contributed by atoms with Crippen molar-refractivity contribution in [2.75, 3.05) is 19.6 Å². The minimum Gasteiger partial charge on any atom is -0.329 e. The molecule has 0 radical (unpaired) electrons. The summed E-state index contributed by atoms with van der Waals surface area (Å²) in [6.07, 6.45) is 1.13. The molecule has 3 aromatic rings. The summed E-state index contributed by atoms with van der Waals surface area (Å²) in [7, 11) is 0. The van der Waals surface area contributed by atoms with Gasteiger partial charge in [0.2, 0.25) is 5.91 Å². The lowest BCUT2D eigenvalue weighted by Gasteiger charge is -2.49. The Morgan fingerprint density at radius 3 is 2.37 bits per heavy atom. The molecule has 6 nitrogen and oxygen atoms in total. The molecule has 0 saturated carbocycles. The van der Waals surface area contributed by atoms with Crippen LogP contribution in [0.15, 0.2) is 77.9 Å². The van der Waals surface area contributed by atoms with Crippen molar-refractivity contribution in [3.8, 4) is 6.07 Å². The van der Waals surface area contributed by atoms with Crippen molar-refractivity contribution in [3.05, 3.63) is 117 Å². The minimum atomic E-state index is -4.89.